The van der Waals surface area contributed by atoms with E-state index in [1.165, 1.54) is 12.5 Å². The smallest absolute Gasteiger partial charge is 0.129 e. The lowest BCUT2D eigenvalue weighted by Crippen LogP contribution is -2.54. The molecule has 0 heterocycles. The number of benzene rings is 1. The van der Waals surface area contributed by atoms with E-state index in [0.29, 0.717) is 17.4 Å². The maximum atomic E-state index is 13.6. The van der Waals surface area contributed by atoms with Gasteiger partial charge in [-0.05, 0) is 49.8 Å². The van der Waals surface area contributed by atoms with E-state index >= 15 is 0 Å². The number of ether oxygens (including phenoxy) is 1. The Kier molecular flexibility index (Phi) is 4.69. The van der Waals surface area contributed by atoms with Gasteiger partial charge < -0.3 is 10.1 Å². The molecular formula is C17H26FNO. The molecule has 1 aliphatic rings. The average Bonchev–Trinajstić information content (AvgIpc) is 2.38. The number of nitrogens with one attached hydrogen (secondary N) is 1. The van der Waals surface area contributed by atoms with Gasteiger partial charge in [-0.3, -0.25) is 0 Å². The first-order chi connectivity index (χ1) is 9.44. The number of hydrogen-bond donors (Lipinski definition) is 1. The van der Waals surface area contributed by atoms with Crippen molar-refractivity contribution in [3.8, 4) is 5.75 Å². The summed E-state index contributed by atoms with van der Waals surface area (Å²) in [6, 6.07) is 5.45. The molecule has 1 fully saturated rings. The van der Waals surface area contributed by atoms with Crippen molar-refractivity contribution in [1.29, 1.82) is 0 Å². The molecule has 2 atom stereocenters. The highest BCUT2D eigenvalue weighted by atomic mass is 19.1. The summed E-state index contributed by atoms with van der Waals surface area (Å²) in [5.74, 6) is 0.441. The molecule has 0 spiro atoms. The van der Waals surface area contributed by atoms with Gasteiger partial charge in [-0.15, -0.1) is 0 Å². The van der Waals surface area contributed by atoms with Crippen molar-refractivity contribution in [1.82, 2.24) is 5.32 Å². The first-order valence-corrected chi connectivity index (χ1v) is 7.60. The van der Waals surface area contributed by atoms with Gasteiger partial charge in [-0.25, -0.2) is 4.39 Å². The highest BCUT2D eigenvalue weighted by Gasteiger charge is 2.39. The van der Waals surface area contributed by atoms with E-state index in [0.717, 1.165) is 19.4 Å². The fourth-order valence-electron chi connectivity index (χ4n) is 3.16. The van der Waals surface area contributed by atoms with E-state index in [1.807, 2.05) is 6.07 Å². The fourth-order valence-corrected chi connectivity index (χ4v) is 3.16. The van der Waals surface area contributed by atoms with E-state index in [2.05, 4.69) is 26.1 Å². The van der Waals surface area contributed by atoms with Gasteiger partial charge in [0.05, 0.1) is 0 Å². The minimum Gasteiger partial charge on any atom is -0.489 e. The Morgan fingerprint density at radius 3 is 2.80 bits per heavy atom. The molecule has 1 saturated carbocycles. The molecule has 112 valence electrons. The number of hydrogen-bond acceptors (Lipinski definition) is 2. The third-order valence-electron chi connectivity index (χ3n) is 4.38. The Hall–Kier alpha value is -1.09. The average molecular weight is 279 g/mol. The van der Waals surface area contributed by atoms with Crippen molar-refractivity contribution in [2.75, 3.05) is 6.54 Å². The van der Waals surface area contributed by atoms with Crippen LogP contribution in [0.2, 0.25) is 0 Å². The number of halogens is 1. The molecule has 1 aromatic carbocycles. The van der Waals surface area contributed by atoms with Crippen LogP contribution in [0.15, 0.2) is 18.2 Å². The molecule has 2 rings (SSSR count). The van der Waals surface area contributed by atoms with Gasteiger partial charge in [-0.1, -0.05) is 26.8 Å². The fraction of sp³-hybridized carbons (Fsp3) is 0.647. The number of aryl methyl sites for hydroxylation is 1. The summed E-state index contributed by atoms with van der Waals surface area (Å²) >= 11 is 0. The quantitative estimate of drug-likeness (QED) is 0.897. The lowest BCUT2D eigenvalue weighted by atomic mass is 9.71. The number of rotatable bonds is 4. The Labute approximate surface area is 121 Å². The van der Waals surface area contributed by atoms with Crippen molar-refractivity contribution < 1.29 is 9.13 Å². The minimum atomic E-state index is -0.197. The van der Waals surface area contributed by atoms with Gasteiger partial charge in [0.15, 0.2) is 0 Å². The standard InChI is InChI=1S/C17H26FNO/c1-5-19-16-15(7-6-10-17(16,3)4)20-13-9-8-12(2)14(18)11-13/h8-9,11,15-16,19H,5-7,10H2,1-4H3. The number of likely N-dealkylation sites (N-methyl/N-ethyl adjacent to an activating group) is 1. The van der Waals surface area contributed by atoms with Crippen LogP contribution in [-0.4, -0.2) is 18.7 Å². The Balaban J connectivity index is 2.14. The van der Waals surface area contributed by atoms with Crippen LogP contribution < -0.4 is 10.1 Å². The van der Waals surface area contributed by atoms with E-state index in [9.17, 15) is 4.39 Å². The Morgan fingerprint density at radius 1 is 1.40 bits per heavy atom. The molecule has 0 bridgehead atoms. The van der Waals surface area contributed by atoms with Gasteiger partial charge in [0.25, 0.3) is 0 Å². The van der Waals surface area contributed by atoms with Crippen molar-refractivity contribution in [3.05, 3.63) is 29.6 Å². The van der Waals surface area contributed by atoms with Crippen LogP contribution in [0.1, 0.15) is 45.6 Å². The highest BCUT2D eigenvalue weighted by Crippen LogP contribution is 2.37. The summed E-state index contributed by atoms with van der Waals surface area (Å²) in [5, 5.41) is 3.55. The molecule has 0 amide bonds. The largest absolute Gasteiger partial charge is 0.489 e. The second-order valence-electron chi connectivity index (χ2n) is 6.48. The van der Waals surface area contributed by atoms with Crippen molar-refractivity contribution in [3.63, 3.8) is 0 Å². The van der Waals surface area contributed by atoms with Crippen LogP contribution in [0, 0.1) is 18.2 Å². The summed E-state index contributed by atoms with van der Waals surface area (Å²) in [5.41, 5.74) is 0.867. The molecule has 0 saturated heterocycles. The molecule has 3 heteroatoms. The van der Waals surface area contributed by atoms with Gasteiger partial charge in [0, 0.05) is 12.1 Å². The zero-order valence-corrected chi connectivity index (χ0v) is 13.0. The normalized spacial score (nSPS) is 25.4. The summed E-state index contributed by atoms with van der Waals surface area (Å²) in [7, 11) is 0. The van der Waals surface area contributed by atoms with E-state index < -0.39 is 0 Å². The molecule has 0 aromatic heterocycles. The molecule has 2 unspecified atom stereocenters. The van der Waals surface area contributed by atoms with Gasteiger partial charge in [-0.2, -0.15) is 0 Å². The van der Waals surface area contributed by atoms with Gasteiger partial charge in [0.1, 0.15) is 17.7 Å². The lowest BCUT2D eigenvalue weighted by molar-refractivity contribution is 0.0370. The van der Waals surface area contributed by atoms with Crippen LogP contribution in [0.4, 0.5) is 4.39 Å². The molecule has 1 aromatic rings. The summed E-state index contributed by atoms with van der Waals surface area (Å²) < 4.78 is 19.7. The van der Waals surface area contributed by atoms with Crippen LogP contribution in [-0.2, 0) is 0 Å². The molecule has 20 heavy (non-hydrogen) atoms. The third kappa shape index (κ3) is 3.32. The van der Waals surface area contributed by atoms with Gasteiger partial charge >= 0.3 is 0 Å². The van der Waals surface area contributed by atoms with Crippen LogP contribution in [0.25, 0.3) is 0 Å². The van der Waals surface area contributed by atoms with Gasteiger partial charge in [0.2, 0.25) is 0 Å². The highest BCUT2D eigenvalue weighted by molar-refractivity contribution is 5.28. The maximum absolute atomic E-state index is 13.6. The minimum absolute atomic E-state index is 0.112. The van der Waals surface area contributed by atoms with E-state index in [-0.39, 0.29) is 17.3 Å². The van der Waals surface area contributed by atoms with Crippen molar-refractivity contribution in [2.45, 2.75) is 59.1 Å². The second-order valence-corrected chi connectivity index (χ2v) is 6.48. The van der Waals surface area contributed by atoms with Crippen LogP contribution in [0.3, 0.4) is 0 Å². The van der Waals surface area contributed by atoms with Crippen molar-refractivity contribution in [2.24, 2.45) is 5.41 Å². The molecule has 0 aliphatic heterocycles. The SMILES string of the molecule is CCNC1C(Oc2ccc(C)c(F)c2)CCCC1(C)C. The Bertz CT molecular complexity index is 458. The van der Waals surface area contributed by atoms with Crippen molar-refractivity contribution >= 4 is 0 Å². The molecule has 2 nitrogen and oxygen atoms in total. The molecular weight excluding hydrogens is 253 g/mol. The molecule has 1 N–H and O–H groups in total. The summed E-state index contributed by atoms with van der Waals surface area (Å²) in [6.45, 7) is 9.38. The zero-order valence-electron chi connectivity index (χ0n) is 13.0. The maximum Gasteiger partial charge on any atom is 0.129 e. The predicted molar refractivity (Wildman–Crippen MR) is 80.6 cm³/mol. The Morgan fingerprint density at radius 2 is 2.15 bits per heavy atom. The monoisotopic (exact) mass is 279 g/mol. The lowest BCUT2D eigenvalue weighted by Gasteiger charge is -2.44. The van der Waals surface area contributed by atoms with Crippen LogP contribution >= 0.6 is 0 Å². The molecule has 1 aliphatic carbocycles. The summed E-state index contributed by atoms with van der Waals surface area (Å²) in [6.07, 6.45) is 3.50. The first-order valence-electron chi connectivity index (χ1n) is 7.60. The predicted octanol–water partition coefficient (Wildman–Crippen LogP) is 4.07. The third-order valence-corrected chi connectivity index (χ3v) is 4.38. The topological polar surface area (TPSA) is 21.3 Å². The van der Waals surface area contributed by atoms with E-state index in [4.69, 9.17) is 4.74 Å². The second kappa shape index (κ2) is 6.13. The molecule has 0 radical (unpaired) electrons. The zero-order chi connectivity index (χ0) is 14.8. The van der Waals surface area contributed by atoms with Crippen LogP contribution in [0.5, 0.6) is 5.75 Å². The summed E-state index contributed by atoms with van der Waals surface area (Å²) in [4.78, 5) is 0. The first kappa shape index (κ1) is 15.3. The van der Waals surface area contributed by atoms with E-state index in [1.54, 1.807) is 13.0 Å².